The molecule has 234 valence electrons. The highest BCUT2D eigenvalue weighted by Gasteiger charge is 2.48. The number of H-pyrrole nitrogens is 1. The van der Waals surface area contributed by atoms with Crippen molar-refractivity contribution < 1.29 is 14.3 Å². The number of pyridine rings is 1. The topological polar surface area (TPSA) is 73.9 Å². The fourth-order valence-electron chi connectivity index (χ4n) is 8.08. The Bertz CT molecular complexity index is 1710. The van der Waals surface area contributed by atoms with Crippen LogP contribution in [0.3, 0.4) is 0 Å². The number of carbonyl (C=O) groups is 1. The highest BCUT2D eigenvalue weighted by Crippen LogP contribution is 2.51. The third kappa shape index (κ3) is 5.48. The molecule has 1 aliphatic carbocycles. The van der Waals surface area contributed by atoms with Gasteiger partial charge in [0.15, 0.2) is 6.29 Å². The molecule has 1 saturated carbocycles. The number of fused-ring (bicyclic) bond motifs is 2. The highest BCUT2D eigenvalue weighted by molar-refractivity contribution is 5.81. The van der Waals surface area contributed by atoms with Crippen molar-refractivity contribution in [2.45, 2.75) is 57.5 Å². The molecule has 0 radical (unpaired) electrons. The number of piperazine rings is 1. The zero-order valence-corrected chi connectivity index (χ0v) is 26.4. The average Bonchev–Trinajstić information content (AvgIpc) is 3.63. The maximum Gasteiger partial charge on any atom is 0.153 e. The number of benzene rings is 2. The summed E-state index contributed by atoms with van der Waals surface area (Å²) in [5.41, 5.74) is 5.80. The highest BCUT2D eigenvalue weighted by atomic mass is 16.5. The van der Waals surface area contributed by atoms with Gasteiger partial charge in [0.25, 0.3) is 0 Å². The number of carbonyl (C=O) groups excluding carboxylic acids is 1. The van der Waals surface area contributed by atoms with Crippen molar-refractivity contribution in [2.24, 2.45) is 5.41 Å². The molecular formula is C37H43N5O3. The van der Waals surface area contributed by atoms with E-state index in [1.54, 1.807) is 6.20 Å². The molecule has 8 rings (SSSR count). The second-order valence-corrected chi connectivity index (χ2v) is 14.4. The molecular weight excluding hydrogens is 562 g/mol. The van der Waals surface area contributed by atoms with E-state index in [9.17, 15) is 4.79 Å². The van der Waals surface area contributed by atoms with E-state index < -0.39 is 0 Å². The predicted molar refractivity (Wildman–Crippen MR) is 177 cm³/mol. The maximum atomic E-state index is 11.8. The fourth-order valence-corrected chi connectivity index (χ4v) is 8.08. The lowest BCUT2D eigenvalue weighted by Gasteiger charge is -2.56. The van der Waals surface area contributed by atoms with E-state index in [-0.39, 0.29) is 5.41 Å². The van der Waals surface area contributed by atoms with Crippen molar-refractivity contribution in [3.05, 3.63) is 77.6 Å². The van der Waals surface area contributed by atoms with Crippen molar-refractivity contribution in [1.82, 2.24) is 19.8 Å². The van der Waals surface area contributed by atoms with Crippen LogP contribution in [0.5, 0.6) is 17.2 Å². The van der Waals surface area contributed by atoms with Crippen LogP contribution in [-0.2, 0) is 12.0 Å². The Kier molecular flexibility index (Phi) is 7.10. The molecule has 3 fully saturated rings. The summed E-state index contributed by atoms with van der Waals surface area (Å²) >= 11 is 0. The molecule has 2 saturated heterocycles. The first-order valence-corrected chi connectivity index (χ1v) is 16.5. The van der Waals surface area contributed by atoms with Gasteiger partial charge in [-0.1, -0.05) is 26.0 Å². The average molecular weight is 606 g/mol. The van der Waals surface area contributed by atoms with Crippen molar-refractivity contribution in [3.63, 3.8) is 0 Å². The lowest BCUT2D eigenvalue weighted by Crippen LogP contribution is -2.59. The first-order chi connectivity index (χ1) is 21.9. The van der Waals surface area contributed by atoms with Crippen LogP contribution in [0.4, 0.5) is 5.69 Å². The fraction of sp³-hybridized carbons (Fsp3) is 0.459. The van der Waals surface area contributed by atoms with Gasteiger partial charge in [0.2, 0.25) is 0 Å². The summed E-state index contributed by atoms with van der Waals surface area (Å²) in [6.45, 7) is 13.0. The molecule has 5 heterocycles. The standard InChI is InChI=1S/C37H43N5O3/c1-36(2)25-44-34-17-26(3-6-32(34)36)23-40-13-15-42(16-14-40)30-20-37(21-30)8-11-41(12-9-37)29-5-4-28(24-43)33(19-29)45-31-18-27-7-10-38-35(27)39-22-31/h3-7,10,17-19,22,24,30H,8-9,11-16,20-21,23,25H2,1-2H3,(H,38,39). The zero-order chi connectivity index (χ0) is 30.6. The van der Waals surface area contributed by atoms with Gasteiger partial charge in [0, 0.05) is 86.2 Å². The minimum Gasteiger partial charge on any atom is -0.492 e. The van der Waals surface area contributed by atoms with E-state index in [4.69, 9.17) is 9.47 Å². The second-order valence-electron chi connectivity index (χ2n) is 14.4. The summed E-state index contributed by atoms with van der Waals surface area (Å²) in [6.07, 6.45) is 9.52. The van der Waals surface area contributed by atoms with Gasteiger partial charge < -0.3 is 19.4 Å². The van der Waals surface area contributed by atoms with Crippen LogP contribution in [0.15, 0.2) is 60.9 Å². The van der Waals surface area contributed by atoms with E-state index in [1.807, 2.05) is 30.5 Å². The van der Waals surface area contributed by atoms with E-state index in [0.717, 1.165) is 74.1 Å². The van der Waals surface area contributed by atoms with Gasteiger partial charge in [-0.05, 0) is 67.0 Å². The van der Waals surface area contributed by atoms with Crippen molar-refractivity contribution in [1.29, 1.82) is 0 Å². The van der Waals surface area contributed by atoms with Crippen LogP contribution in [-0.4, -0.2) is 78.0 Å². The third-order valence-corrected chi connectivity index (χ3v) is 10.9. The molecule has 0 bridgehead atoms. The number of rotatable bonds is 7. The molecule has 2 aromatic heterocycles. The Labute approximate surface area is 265 Å². The largest absolute Gasteiger partial charge is 0.492 e. The second kappa shape index (κ2) is 11.2. The van der Waals surface area contributed by atoms with E-state index >= 15 is 0 Å². The van der Waals surface area contributed by atoms with Gasteiger partial charge in [0.05, 0.1) is 18.4 Å². The number of nitrogens with one attached hydrogen (secondary N) is 1. The first-order valence-electron chi connectivity index (χ1n) is 16.5. The molecule has 4 aromatic rings. The minimum absolute atomic E-state index is 0.120. The quantitative estimate of drug-likeness (QED) is 0.244. The Morgan fingerprint density at radius 3 is 2.62 bits per heavy atom. The van der Waals surface area contributed by atoms with Gasteiger partial charge in [0.1, 0.15) is 22.9 Å². The molecule has 8 heteroatoms. The van der Waals surface area contributed by atoms with E-state index in [2.05, 4.69) is 62.8 Å². The number of hydrogen-bond acceptors (Lipinski definition) is 7. The number of aldehydes is 1. The van der Waals surface area contributed by atoms with Gasteiger partial charge in [-0.25, -0.2) is 4.98 Å². The molecule has 4 aliphatic rings. The molecule has 0 atom stereocenters. The Morgan fingerprint density at radius 1 is 1.00 bits per heavy atom. The van der Waals surface area contributed by atoms with Crippen molar-refractivity contribution in [2.75, 3.05) is 50.8 Å². The summed E-state index contributed by atoms with van der Waals surface area (Å²) in [5.74, 6) is 2.29. The number of piperidine rings is 1. The minimum atomic E-state index is 0.120. The molecule has 0 unspecified atom stereocenters. The predicted octanol–water partition coefficient (Wildman–Crippen LogP) is 6.40. The Hall–Kier alpha value is -3.88. The van der Waals surface area contributed by atoms with Crippen LogP contribution in [0.2, 0.25) is 0 Å². The molecule has 8 nitrogen and oxygen atoms in total. The molecule has 45 heavy (non-hydrogen) atoms. The third-order valence-electron chi connectivity index (χ3n) is 10.9. The monoisotopic (exact) mass is 605 g/mol. The van der Waals surface area contributed by atoms with Crippen LogP contribution in [0, 0.1) is 5.41 Å². The van der Waals surface area contributed by atoms with Crippen LogP contribution in [0.1, 0.15) is 61.0 Å². The SMILES string of the molecule is CC1(C)COc2cc(CN3CCN(C4CC5(CCN(c6ccc(C=O)c(Oc7cnc8[nH]ccc8c7)c6)CC5)C4)CC3)ccc21. The molecule has 0 amide bonds. The van der Waals surface area contributed by atoms with Gasteiger partial charge in [-0.3, -0.25) is 14.6 Å². The van der Waals surface area contributed by atoms with Crippen LogP contribution >= 0.6 is 0 Å². The number of aromatic amines is 1. The first kappa shape index (κ1) is 28.6. The summed E-state index contributed by atoms with van der Waals surface area (Å²) in [5, 5.41) is 0.980. The Morgan fingerprint density at radius 2 is 1.82 bits per heavy atom. The lowest BCUT2D eigenvalue weighted by atomic mass is 9.60. The van der Waals surface area contributed by atoms with Gasteiger partial charge in [-0.15, -0.1) is 0 Å². The summed E-state index contributed by atoms with van der Waals surface area (Å²) in [7, 11) is 0. The smallest absolute Gasteiger partial charge is 0.153 e. The van der Waals surface area contributed by atoms with E-state index in [1.165, 1.54) is 49.9 Å². The van der Waals surface area contributed by atoms with Gasteiger partial charge in [-0.2, -0.15) is 0 Å². The van der Waals surface area contributed by atoms with Crippen LogP contribution in [0.25, 0.3) is 11.0 Å². The molecule has 3 aliphatic heterocycles. The number of hydrogen-bond donors (Lipinski definition) is 1. The summed E-state index contributed by atoms with van der Waals surface area (Å²) in [6, 6.07) is 17.4. The number of nitrogens with zero attached hydrogens (tertiary/aromatic N) is 4. The number of anilines is 1. The van der Waals surface area contributed by atoms with Crippen LogP contribution < -0.4 is 14.4 Å². The molecule has 2 aromatic carbocycles. The lowest BCUT2D eigenvalue weighted by molar-refractivity contribution is -0.0355. The molecule has 1 N–H and O–H groups in total. The number of aromatic nitrogens is 2. The normalized spacial score (nSPS) is 21.4. The maximum absolute atomic E-state index is 11.8. The zero-order valence-electron chi connectivity index (χ0n) is 26.4. The summed E-state index contributed by atoms with van der Waals surface area (Å²) < 4.78 is 12.2. The van der Waals surface area contributed by atoms with Crippen molar-refractivity contribution >= 4 is 23.0 Å². The van der Waals surface area contributed by atoms with E-state index in [0.29, 0.717) is 22.5 Å². The summed E-state index contributed by atoms with van der Waals surface area (Å²) in [4.78, 5) is 27.1. The van der Waals surface area contributed by atoms with Gasteiger partial charge >= 0.3 is 0 Å². The Balaban J connectivity index is 0.829. The van der Waals surface area contributed by atoms with Crippen molar-refractivity contribution in [3.8, 4) is 17.2 Å². The number of ether oxygens (including phenoxy) is 2. The molecule has 1 spiro atoms.